The van der Waals surface area contributed by atoms with Crippen molar-refractivity contribution in [3.63, 3.8) is 0 Å². The molecular formula is C12H16O2. The zero-order chi connectivity index (χ0) is 9.97. The molecule has 14 heavy (non-hydrogen) atoms. The van der Waals surface area contributed by atoms with Crippen LogP contribution in [0.25, 0.3) is 0 Å². The Balaban J connectivity index is 1.89. The predicted octanol–water partition coefficient (Wildman–Crippen LogP) is 2.60. The molecule has 0 aromatic heterocycles. The monoisotopic (exact) mass is 192 g/mol. The van der Waals surface area contributed by atoms with Crippen molar-refractivity contribution < 1.29 is 9.53 Å². The van der Waals surface area contributed by atoms with Crippen molar-refractivity contribution >= 4 is 5.97 Å². The normalized spacial score (nSPS) is 29.6. The zero-order valence-electron chi connectivity index (χ0n) is 8.53. The zero-order valence-corrected chi connectivity index (χ0v) is 8.53. The smallest absolute Gasteiger partial charge is 0.305 e. The van der Waals surface area contributed by atoms with Crippen LogP contribution < -0.4 is 0 Å². The minimum atomic E-state index is -0.0694. The number of hydrogen-bond donors (Lipinski definition) is 0. The highest BCUT2D eigenvalue weighted by molar-refractivity contribution is 5.69. The lowest BCUT2D eigenvalue weighted by atomic mass is 9.85. The highest BCUT2D eigenvalue weighted by Crippen LogP contribution is 2.35. The van der Waals surface area contributed by atoms with Gasteiger partial charge in [0.15, 0.2) is 0 Å². The highest BCUT2D eigenvalue weighted by atomic mass is 16.5. The summed E-state index contributed by atoms with van der Waals surface area (Å²) in [6.07, 6.45) is 10.2. The molecule has 2 heteroatoms. The summed E-state index contributed by atoms with van der Waals surface area (Å²) in [6, 6.07) is 0. The van der Waals surface area contributed by atoms with Crippen LogP contribution in [0.15, 0.2) is 23.8 Å². The molecule has 0 radical (unpaired) electrons. The van der Waals surface area contributed by atoms with Gasteiger partial charge in [0.25, 0.3) is 0 Å². The first kappa shape index (κ1) is 9.50. The Hall–Kier alpha value is -1.05. The van der Waals surface area contributed by atoms with Crippen LogP contribution in [0, 0.1) is 5.92 Å². The van der Waals surface area contributed by atoms with Crippen LogP contribution >= 0.6 is 0 Å². The molecule has 0 saturated heterocycles. The second kappa shape index (κ2) is 3.99. The van der Waals surface area contributed by atoms with Crippen LogP contribution in [0.3, 0.4) is 0 Å². The van der Waals surface area contributed by atoms with Gasteiger partial charge < -0.3 is 4.74 Å². The van der Waals surface area contributed by atoms with Crippen LogP contribution in [-0.2, 0) is 9.53 Å². The van der Waals surface area contributed by atoms with Crippen LogP contribution in [-0.4, -0.2) is 12.1 Å². The Morgan fingerprint density at radius 2 is 2.43 bits per heavy atom. The van der Waals surface area contributed by atoms with Gasteiger partial charge in [-0.3, -0.25) is 4.79 Å². The molecule has 0 amide bonds. The number of hydrogen-bond acceptors (Lipinski definition) is 2. The summed E-state index contributed by atoms with van der Waals surface area (Å²) in [4.78, 5) is 11.1. The van der Waals surface area contributed by atoms with E-state index < -0.39 is 0 Å². The fraction of sp³-hybridized carbons (Fsp3) is 0.583. The molecule has 0 spiro atoms. The van der Waals surface area contributed by atoms with Gasteiger partial charge in [-0.1, -0.05) is 30.7 Å². The van der Waals surface area contributed by atoms with E-state index in [2.05, 4.69) is 18.2 Å². The van der Waals surface area contributed by atoms with Gasteiger partial charge in [-0.25, -0.2) is 0 Å². The maximum Gasteiger partial charge on any atom is 0.305 e. The highest BCUT2D eigenvalue weighted by Gasteiger charge is 2.27. The van der Waals surface area contributed by atoms with E-state index in [0.717, 1.165) is 19.3 Å². The molecule has 76 valence electrons. The van der Waals surface area contributed by atoms with Gasteiger partial charge in [0.05, 0.1) is 0 Å². The molecule has 2 unspecified atom stereocenters. The minimum absolute atomic E-state index is 0.0694. The lowest BCUT2D eigenvalue weighted by molar-refractivity contribution is -0.149. The van der Waals surface area contributed by atoms with E-state index in [1.807, 2.05) is 6.92 Å². The molecule has 2 rings (SSSR count). The third-order valence-corrected chi connectivity index (χ3v) is 2.98. The molecule has 0 aromatic rings. The molecule has 2 aliphatic rings. The van der Waals surface area contributed by atoms with E-state index in [0.29, 0.717) is 12.3 Å². The topological polar surface area (TPSA) is 26.3 Å². The van der Waals surface area contributed by atoms with E-state index in [4.69, 9.17) is 4.74 Å². The number of carbonyl (C=O) groups is 1. The largest absolute Gasteiger partial charge is 0.462 e. The molecule has 0 aliphatic heterocycles. The Kier molecular flexibility index (Phi) is 2.71. The van der Waals surface area contributed by atoms with E-state index in [1.165, 1.54) is 5.57 Å². The number of carbonyl (C=O) groups excluding carboxylic acids is 1. The van der Waals surface area contributed by atoms with Crippen molar-refractivity contribution in [3.8, 4) is 0 Å². The molecule has 2 atom stereocenters. The Morgan fingerprint density at radius 1 is 1.57 bits per heavy atom. The van der Waals surface area contributed by atoms with Crippen LogP contribution in [0.1, 0.15) is 32.6 Å². The molecule has 2 nitrogen and oxygen atoms in total. The minimum Gasteiger partial charge on any atom is -0.462 e. The van der Waals surface area contributed by atoms with Gasteiger partial charge >= 0.3 is 5.97 Å². The lowest BCUT2D eigenvalue weighted by Crippen LogP contribution is -2.24. The summed E-state index contributed by atoms with van der Waals surface area (Å²) in [7, 11) is 0. The van der Waals surface area contributed by atoms with E-state index in [1.54, 1.807) is 0 Å². The van der Waals surface area contributed by atoms with E-state index >= 15 is 0 Å². The maximum atomic E-state index is 11.1. The van der Waals surface area contributed by atoms with Crippen LogP contribution in [0.2, 0.25) is 0 Å². The third-order valence-electron chi connectivity index (χ3n) is 2.98. The van der Waals surface area contributed by atoms with Crippen molar-refractivity contribution in [1.82, 2.24) is 0 Å². The summed E-state index contributed by atoms with van der Waals surface area (Å²) < 4.78 is 5.34. The van der Waals surface area contributed by atoms with Gasteiger partial charge in [-0.2, -0.15) is 0 Å². The van der Waals surface area contributed by atoms with Crippen LogP contribution in [0.4, 0.5) is 0 Å². The molecule has 1 fully saturated rings. The SMILES string of the molecule is CCC(=O)OC1CCC2C=CC=C2C1. The van der Waals surface area contributed by atoms with Gasteiger partial charge in [0.2, 0.25) is 0 Å². The van der Waals surface area contributed by atoms with Crippen molar-refractivity contribution in [2.75, 3.05) is 0 Å². The first-order valence-corrected chi connectivity index (χ1v) is 5.36. The van der Waals surface area contributed by atoms with Gasteiger partial charge in [0, 0.05) is 12.8 Å². The number of ether oxygens (including phenoxy) is 1. The number of allylic oxidation sites excluding steroid dienone is 3. The van der Waals surface area contributed by atoms with Gasteiger partial charge in [-0.05, 0) is 18.8 Å². The predicted molar refractivity (Wildman–Crippen MR) is 54.7 cm³/mol. The summed E-state index contributed by atoms with van der Waals surface area (Å²) in [5.74, 6) is 0.562. The maximum absolute atomic E-state index is 11.1. The second-order valence-corrected chi connectivity index (χ2v) is 3.98. The fourth-order valence-corrected chi connectivity index (χ4v) is 2.16. The fourth-order valence-electron chi connectivity index (χ4n) is 2.16. The standard InChI is InChI=1S/C12H16O2/c1-2-12(13)14-11-7-6-9-4-3-5-10(9)8-11/h3-5,9,11H,2,6-8H2,1H3. The van der Waals surface area contributed by atoms with Crippen molar-refractivity contribution in [2.45, 2.75) is 38.7 Å². The van der Waals surface area contributed by atoms with Crippen molar-refractivity contribution in [2.24, 2.45) is 5.92 Å². The molecule has 2 aliphatic carbocycles. The number of fused-ring (bicyclic) bond motifs is 1. The molecule has 0 heterocycles. The average Bonchev–Trinajstić information content (AvgIpc) is 2.64. The van der Waals surface area contributed by atoms with Crippen molar-refractivity contribution in [1.29, 1.82) is 0 Å². The summed E-state index contributed by atoms with van der Waals surface area (Å²) >= 11 is 0. The van der Waals surface area contributed by atoms with Crippen LogP contribution in [0.5, 0.6) is 0 Å². The Bertz CT molecular complexity index is 289. The first-order chi connectivity index (χ1) is 6.79. The lowest BCUT2D eigenvalue weighted by Gasteiger charge is -2.27. The number of rotatable bonds is 2. The molecule has 0 bridgehead atoms. The molecular weight excluding hydrogens is 176 g/mol. The third kappa shape index (κ3) is 1.89. The summed E-state index contributed by atoms with van der Waals surface area (Å²) in [5.41, 5.74) is 1.44. The van der Waals surface area contributed by atoms with Gasteiger partial charge in [-0.15, -0.1) is 0 Å². The van der Waals surface area contributed by atoms with Crippen molar-refractivity contribution in [3.05, 3.63) is 23.8 Å². The Morgan fingerprint density at radius 3 is 3.21 bits per heavy atom. The summed E-state index contributed by atoms with van der Waals surface area (Å²) in [6.45, 7) is 1.84. The molecule has 0 N–H and O–H groups in total. The Labute approximate surface area is 84.6 Å². The van der Waals surface area contributed by atoms with E-state index in [-0.39, 0.29) is 12.1 Å². The first-order valence-electron chi connectivity index (χ1n) is 5.36. The summed E-state index contributed by atoms with van der Waals surface area (Å²) in [5, 5.41) is 0. The average molecular weight is 192 g/mol. The molecule has 1 saturated carbocycles. The quantitative estimate of drug-likeness (QED) is 0.629. The van der Waals surface area contributed by atoms with Gasteiger partial charge in [0.1, 0.15) is 6.10 Å². The second-order valence-electron chi connectivity index (χ2n) is 3.98. The van der Waals surface area contributed by atoms with E-state index in [9.17, 15) is 4.79 Å². The number of esters is 1. The molecule has 0 aromatic carbocycles.